The van der Waals surface area contributed by atoms with Crippen LogP contribution < -0.4 is 16.0 Å². The first kappa shape index (κ1) is 33.7. The average Bonchev–Trinajstić information content (AvgIpc) is 3.59. The molecule has 0 saturated carbocycles. The van der Waals surface area contributed by atoms with Crippen LogP contribution in [0.25, 0.3) is 21.8 Å². The Hall–Kier alpha value is -5.18. The molecule has 256 valence electrons. The number of fused-ring (bicyclic) bond motifs is 4. The molecule has 0 spiro atoms. The molecule has 4 N–H and O–H groups in total. The summed E-state index contributed by atoms with van der Waals surface area (Å²) in [4.78, 5) is 70.7. The van der Waals surface area contributed by atoms with Gasteiger partial charge in [-0.2, -0.15) is 0 Å². The fraction of sp³-hybridized carbons (Fsp3) is 0.371. The van der Waals surface area contributed by atoms with Crippen LogP contribution in [0, 0.1) is 0 Å². The van der Waals surface area contributed by atoms with Gasteiger partial charge in [0, 0.05) is 65.8 Å². The summed E-state index contributed by atoms with van der Waals surface area (Å²) in [5.74, 6) is -2.21. The van der Waals surface area contributed by atoms with Gasteiger partial charge in [0.1, 0.15) is 6.04 Å². The van der Waals surface area contributed by atoms with Crippen molar-refractivity contribution in [2.75, 3.05) is 58.0 Å². The van der Waals surface area contributed by atoms with E-state index in [1.165, 1.54) is 0 Å². The van der Waals surface area contributed by atoms with Crippen LogP contribution in [0.1, 0.15) is 45.5 Å². The minimum Gasteiger partial charge on any atom is -0.382 e. The maximum absolute atomic E-state index is 13.2. The van der Waals surface area contributed by atoms with E-state index in [-0.39, 0.29) is 29.9 Å². The number of aryl methyl sites for hydroxylation is 1. The van der Waals surface area contributed by atoms with Crippen LogP contribution >= 0.6 is 0 Å². The number of carbonyl (C=O) groups is 5. The highest BCUT2D eigenvalue weighted by Gasteiger charge is 2.45. The standard InChI is InChI=1S/C35H38N6O8/c42-30(8-5-22-4-6-23-25-21-36-11-10-26(25)39-28(23)20-22)38-13-15-48-17-19-49-18-16-47-14-12-37-27-3-1-2-24-32(27)35(46)41(34(24)45)29-7-9-31(43)40-33(29)44/h1-4,6,10-11,20-21,29,37,39H,5,7-9,12-19H2,(H,38,42)(H,40,43,44). The third-order valence-electron chi connectivity index (χ3n) is 8.45. The number of ether oxygens (including phenoxy) is 3. The molecule has 0 radical (unpaired) electrons. The lowest BCUT2D eigenvalue weighted by Gasteiger charge is -2.27. The lowest BCUT2D eigenvalue weighted by molar-refractivity contribution is -0.136. The van der Waals surface area contributed by atoms with Crippen molar-refractivity contribution in [3.8, 4) is 0 Å². The van der Waals surface area contributed by atoms with E-state index in [0.717, 1.165) is 32.3 Å². The molecule has 2 aromatic heterocycles. The first-order valence-corrected chi connectivity index (χ1v) is 16.3. The number of amides is 5. The maximum Gasteiger partial charge on any atom is 0.264 e. The Labute approximate surface area is 281 Å². The largest absolute Gasteiger partial charge is 0.382 e. The Morgan fingerprint density at radius 3 is 2.45 bits per heavy atom. The maximum atomic E-state index is 13.2. The van der Waals surface area contributed by atoms with Gasteiger partial charge in [0.05, 0.1) is 50.8 Å². The number of rotatable bonds is 17. The fourth-order valence-electron chi connectivity index (χ4n) is 6.02. The zero-order chi connectivity index (χ0) is 34.2. The van der Waals surface area contributed by atoms with Gasteiger partial charge < -0.3 is 29.8 Å². The molecule has 5 amide bonds. The van der Waals surface area contributed by atoms with Gasteiger partial charge in [0.15, 0.2) is 0 Å². The number of H-pyrrole nitrogens is 1. The molecule has 1 atom stereocenters. The van der Waals surface area contributed by atoms with Crippen molar-refractivity contribution in [3.63, 3.8) is 0 Å². The highest BCUT2D eigenvalue weighted by atomic mass is 16.5. The zero-order valence-corrected chi connectivity index (χ0v) is 26.9. The molecule has 2 aliphatic rings. The lowest BCUT2D eigenvalue weighted by atomic mass is 10.0. The Morgan fingerprint density at radius 1 is 0.878 bits per heavy atom. The fourth-order valence-corrected chi connectivity index (χ4v) is 6.02. The molecule has 4 aromatic rings. The smallest absolute Gasteiger partial charge is 0.264 e. The molecule has 6 rings (SSSR count). The summed E-state index contributed by atoms with van der Waals surface area (Å²) in [7, 11) is 0. The van der Waals surface area contributed by atoms with E-state index in [4.69, 9.17) is 14.2 Å². The summed E-state index contributed by atoms with van der Waals surface area (Å²) < 4.78 is 16.7. The lowest BCUT2D eigenvalue weighted by Crippen LogP contribution is -2.54. The number of nitrogens with zero attached hydrogens (tertiary/aromatic N) is 2. The summed E-state index contributed by atoms with van der Waals surface area (Å²) in [6, 6.07) is 12.0. The number of piperidine rings is 1. The number of benzene rings is 2. The second-order valence-corrected chi connectivity index (χ2v) is 11.7. The Bertz CT molecular complexity index is 1870. The molecule has 14 nitrogen and oxygen atoms in total. The summed E-state index contributed by atoms with van der Waals surface area (Å²) in [6.45, 7) is 3.01. The first-order valence-electron chi connectivity index (χ1n) is 16.3. The van der Waals surface area contributed by atoms with E-state index in [0.29, 0.717) is 71.3 Å². The van der Waals surface area contributed by atoms with E-state index >= 15 is 0 Å². The van der Waals surface area contributed by atoms with Crippen LogP contribution in [0.4, 0.5) is 5.69 Å². The summed E-state index contributed by atoms with van der Waals surface area (Å²) in [5.41, 5.74) is 4.06. The normalized spacial score (nSPS) is 16.0. The summed E-state index contributed by atoms with van der Waals surface area (Å²) in [5, 5.41) is 10.4. The minimum absolute atomic E-state index is 0.0293. The van der Waals surface area contributed by atoms with Crippen molar-refractivity contribution in [2.24, 2.45) is 0 Å². The van der Waals surface area contributed by atoms with Crippen LogP contribution in [-0.2, 0) is 35.0 Å². The van der Waals surface area contributed by atoms with Crippen LogP contribution in [0.5, 0.6) is 0 Å². The number of imide groups is 2. The molecule has 0 aliphatic carbocycles. The van der Waals surface area contributed by atoms with E-state index in [1.807, 2.05) is 18.3 Å². The predicted molar refractivity (Wildman–Crippen MR) is 179 cm³/mol. The van der Waals surface area contributed by atoms with Gasteiger partial charge in [-0.15, -0.1) is 0 Å². The Kier molecular flexibility index (Phi) is 10.9. The summed E-state index contributed by atoms with van der Waals surface area (Å²) in [6.07, 6.45) is 4.81. The molecule has 0 bridgehead atoms. The third kappa shape index (κ3) is 7.94. The molecule has 49 heavy (non-hydrogen) atoms. The monoisotopic (exact) mass is 670 g/mol. The number of aromatic nitrogens is 2. The molecule has 4 heterocycles. The van der Waals surface area contributed by atoms with E-state index < -0.39 is 29.7 Å². The highest BCUT2D eigenvalue weighted by molar-refractivity contribution is 6.25. The summed E-state index contributed by atoms with van der Waals surface area (Å²) >= 11 is 0. The van der Waals surface area contributed by atoms with E-state index in [2.05, 4.69) is 38.1 Å². The van der Waals surface area contributed by atoms with E-state index in [1.54, 1.807) is 24.4 Å². The van der Waals surface area contributed by atoms with Gasteiger partial charge in [-0.1, -0.05) is 18.2 Å². The van der Waals surface area contributed by atoms with Crippen molar-refractivity contribution in [3.05, 3.63) is 71.5 Å². The molecular weight excluding hydrogens is 632 g/mol. The number of hydrogen-bond acceptors (Lipinski definition) is 10. The van der Waals surface area contributed by atoms with Gasteiger partial charge in [-0.3, -0.25) is 39.2 Å². The first-order chi connectivity index (χ1) is 23.9. The van der Waals surface area contributed by atoms with Gasteiger partial charge in [-0.25, -0.2) is 0 Å². The van der Waals surface area contributed by atoms with Crippen LogP contribution in [0.3, 0.4) is 0 Å². The van der Waals surface area contributed by atoms with Gasteiger partial charge >= 0.3 is 0 Å². The van der Waals surface area contributed by atoms with Crippen LogP contribution in [0.15, 0.2) is 54.9 Å². The van der Waals surface area contributed by atoms with Gasteiger partial charge in [-0.05, 0) is 42.7 Å². The van der Waals surface area contributed by atoms with Crippen molar-refractivity contribution in [2.45, 2.75) is 31.7 Å². The molecule has 14 heteroatoms. The molecule has 2 aromatic carbocycles. The van der Waals surface area contributed by atoms with Crippen molar-refractivity contribution in [1.29, 1.82) is 0 Å². The number of pyridine rings is 1. The number of aromatic amines is 1. The molecule has 2 aliphatic heterocycles. The number of carbonyl (C=O) groups excluding carboxylic acids is 5. The van der Waals surface area contributed by atoms with Crippen LogP contribution in [-0.4, -0.2) is 103 Å². The Morgan fingerprint density at radius 2 is 1.65 bits per heavy atom. The SMILES string of the molecule is O=C(CCc1ccc2c(c1)[nH]c1ccncc12)NCCOCCOCCOCCNc1cccc2c1C(=O)N(C1CCC(=O)NC1=O)C2=O. The topological polar surface area (TPSA) is 181 Å². The number of hydrogen-bond donors (Lipinski definition) is 4. The van der Waals surface area contributed by atoms with Gasteiger partial charge in [0.2, 0.25) is 17.7 Å². The highest BCUT2D eigenvalue weighted by Crippen LogP contribution is 2.32. The predicted octanol–water partition coefficient (Wildman–Crippen LogP) is 2.33. The molecule has 1 saturated heterocycles. The second kappa shape index (κ2) is 15.8. The third-order valence-corrected chi connectivity index (χ3v) is 8.45. The molecular formula is C35H38N6O8. The number of nitrogens with one attached hydrogen (secondary N) is 4. The average molecular weight is 671 g/mol. The van der Waals surface area contributed by atoms with Crippen molar-refractivity contribution in [1.82, 2.24) is 25.5 Å². The number of anilines is 1. The quantitative estimate of drug-likeness (QED) is 0.0962. The van der Waals surface area contributed by atoms with Gasteiger partial charge in [0.25, 0.3) is 11.8 Å². The zero-order valence-electron chi connectivity index (χ0n) is 26.9. The minimum atomic E-state index is -1.01. The second-order valence-electron chi connectivity index (χ2n) is 11.7. The molecule has 1 fully saturated rings. The Balaban J connectivity index is 0.790. The molecule has 1 unspecified atom stereocenters. The van der Waals surface area contributed by atoms with E-state index in [9.17, 15) is 24.0 Å². The van der Waals surface area contributed by atoms with Crippen molar-refractivity contribution < 1.29 is 38.2 Å². The van der Waals surface area contributed by atoms with Crippen molar-refractivity contribution >= 4 is 57.0 Å². The van der Waals surface area contributed by atoms with Crippen LogP contribution in [0.2, 0.25) is 0 Å².